The molecule has 0 aromatic rings. The maximum atomic E-state index is 5.99. The maximum Gasteiger partial charge on any atom is 0.0861 e. The lowest BCUT2D eigenvalue weighted by Crippen LogP contribution is -2.65. The van der Waals surface area contributed by atoms with E-state index < -0.39 is 0 Å². The fraction of sp³-hybridized carbons (Fsp3) is 1.00. The van der Waals surface area contributed by atoms with Crippen LogP contribution in [-0.4, -0.2) is 42.8 Å². The van der Waals surface area contributed by atoms with Crippen LogP contribution in [0.4, 0.5) is 0 Å². The maximum absolute atomic E-state index is 5.99. The minimum atomic E-state index is 0.341. The van der Waals surface area contributed by atoms with Gasteiger partial charge in [0.1, 0.15) is 0 Å². The molecular formula is C14H26N2O. The van der Waals surface area contributed by atoms with Crippen molar-refractivity contribution in [1.82, 2.24) is 4.90 Å². The van der Waals surface area contributed by atoms with Gasteiger partial charge in [0, 0.05) is 25.7 Å². The molecule has 98 valence electrons. The highest BCUT2D eigenvalue weighted by Crippen LogP contribution is 2.34. The summed E-state index contributed by atoms with van der Waals surface area (Å²) in [6.45, 7) is 3.20. The summed E-state index contributed by atoms with van der Waals surface area (Å²) < 4.78 is 5.99. The standard InChI is InChI=1S/C14H26N2O/c15-8-12-6-7-13-14(17-12)10-16(13)9-11-4-2-1-3-5-11/h11-14H,1-10,15H2/t12-,13+,14+/m0/s1. The Bertz CT molecular complexity index is 253. The molecule has 0 radical (unpaired) electrons. The molecule has 0 spiro atoms. The van der Waals surface area contributed by atoms with Crippen LogP contribution in [0.15, 0.2) is 0 Å². The molecule has 3 rings (SSSR count). The first kappa shape index (κ1) is 11.9. The van der Waals surface area contributed by atoms with Gasteiger partial charge in [-0.05, 0) is 31.6 Å². The highest BCUT2D eigenvalue weighted by molar-refractivity contribution is 4.97. The van der Waals surface area contributed by atoms with E-state index in [0.29, 0.717) is 18.8 Å². The summed E-state index contributed by atoms with van der Waals surface area (Å²) in [7, 11) is 0. The number of ether oxygens (including phenoxy) is 1. The number of nitrogens with zero attached hydrogens (tertiary/aromatic N) is 1. The average Bonchev–Trinajstić information content (AvgIpc) is 2.37. The van der Waals surface area contributed by atoms with Crippen molar-refractivity contribution < 1.29 is 4.74 Å². The Morgan fingerprint density at radius 1 is 1.06 bits per heavy atom. The Labute approximate surface area is 105 Å². The molecule has 3 aliphatic rings. The molecule has 2 saturated heterocycles. The third-order valence-electron chi connectivity index (χ3n) is 4.94. The minimum Gasteiger partial charge on any atom is -0.371 e. The summed E-state index contributed by atoms with van der Waals surface area (Å²) in [4.78, 5) is 2.67. The molecular weight excluding hydrogens is 212 g/mol. The number of fused-ring (bicyclic) bond motifs is 1. The third-order valence-corrected chi connectivity index (χ3v) is 4.94. The molecule has 0 unspecified atom stereocenters. The van der Waals surface area contributed by atoms with Crippen LogP contribution in [0.25, 0.3) is 0 Å². The van der Waals surface area contributed by atoms with Gasteiger partial charge in [-0.25, -0.2) is 0 Å². The fourth-order valence-corrected chi connectivity index (χ4v) is 3.84. The molecule has 0 bridgehead atoms. The Kier molecular flexibility index (Phi) is 3.69. The molecule has 2 aliphatic heterocycles. The van der Waals surface area contributed by atoms with Gasteiger partial charge in [0.05, 0.1) is 12.2 Å². The second-order valence-corrected chi connectivity index (χ2v) is 6.13. The second kappa shape index (κ2) is 5.25. The molecule has 0 aromatic heterocycles. The van der Waals surface area contributed by atoms with E-state index in [2.05, 4.69) is 4.90 Å². The van der Waals surface area contributed by atoms with Crippen molar-refractivity contribution in [3.8, 4) is 0 Å². The Balaban J connectivity index is 1.45. The van der Waals surface area contributed by atoms with E-state index in [0.717, 1.165) is 18.5 Å². The Morgan fingerprint density at radius 3 is 2.59 bits per heavy atom. The zero-order chi connectivity index (χ0) is 11.7. The Morgan fingerprint density at radius 2 is 1.88 bits per heavy atom. The molecule has 1 aliphatic carbocycles. The second-order valence-electron chi connectivity index (χ2n) is 6.13. The van der Waals surface area contributed by atoms with E-state index >= 15 is 0 Å². The van der Waals surface area contributed by atoms with Gasteiger partial charge in [0.25, 0.3) is 0 Å². The number of nitrogens with two attached hydrogens (primary N) is 1. The first-order valence-electron chi connectivity index (χ1n) is 7.46. The van der Waals surface area contributed by atoms with Gasteiger partial charge in [-0.2, -0.15) is 0 Å². The lowest BCUT2D eigenvalue weighted by molar-refractivity contribution is -0.168. The van der Waals surface area contributed by atoms with Crippen LogP contribution >= 0.6 is 0 Å². The van der Waals surface area contributed by atoms with Crippen LogP contribution in [0, 0.1) is 5.92 Å². The van der Waals surface area contributed by atoms with E-state index in [1.165, 1.54) is 51.5 Å². The van der Waals surface area contributed by atoms with E-state index in [9.17, 15) is 0 Å². The van der Waals surface area contributed by atoms with E-state index in [1.54, 1.807) is 0 Å². The van der Waals surface area contributed by atoms with Gasteiger partial charge in [-0.3, -0.25) is 4.90 Å². The SMILES string of the molecule is NC[C@@H]1CC[C@@H]2[C@@H](CN2CC2CCCCC2)O1. The minimum absolute atomic E-state index is 0.341. The molecule has 17 heavy (non-hydrogen) atoms. The van der Waals surface area contributed by atoms with Gasteiger partial charge in [0.2, 0.25) is 0 Å². The van der Waals surface area contributed by atoms with E-state index in [4.69, 9.17) is 10.5 Å². The zero-order valence-corrected chi connectivity index (χ0v) is 10.8. The third kappa shape index (κ3) is 2.51. The fourth-order valence-electron chi connectivity index (χ4n) is 3.84. The molecule has 3 fully saturated rings. The number of likely N-dealkylation sites (tertiary alicyclic amines) is 1. The van der Waals surface area contributed by atoms with Crippen LogP contribution < -0.4 is 5.73 Å². The lowest BCUT2D eigenvalue weighted by Gasteiger charge is -2.53. The van der Waals surface area contributed by atoms with Crippen molar-refractivity contribution in [2.75, 3.05) is 19.6 Å². The van der Waals surface area contributed by atoms with Crippen molar-refractivity contribution in [2.24, 2.45) is 11.7 Å². The summed E-state index contributed by atoms with van der Waals surface area (Å²) in [5, 5.41) is 0. The van der Waals surface area contributed by atoms with Crippen LogP contribution in [0.1, 0.15) is 44.9 Å². The highest BCUT2D eigenvalue weighted by Gasteiger charge is 2.44. The predicted octanol–water partition coefficient (Wildman–Crippen LogP) is 1.76. The summed E-state index contributed by atoms with van der Waals surface area (Å²) in [6.07, 6.45) is 10.6. The molecule has 0 amide bonds. The van der Waals surface area contributed by atoms with E-state index in [1.807, 2.05) is 0 Å². The summed E-state index contributed by atoms with van der Waals surface area (Å²) >= 11 is 0. The molecule has 3 atom stereocenters. The van der Waals surface area contributed by atoms with Gasteiger partial charge >= 0.3 is 0 Å². The number of hydrogen-bond donors (Lipinski definition) is 1. The predicted molar refractivity (Wildman–Crippen MR) is 68.9 cm³/mol. The molecule has 3 nitrogen and oxygen atoms in total. The van der Waals surface area contributed by atoms with Crippen molar-refractivity contribution in [1.29, 1.82) is 0 Å². The first-order valence-corrected chi connectivity index (χ1v) is 7.46. The topological polar surface area (TPSA) is 38.5 Å². The van der Waals surface area contributed by atoms with Crippen molar-refractivity contribution in [3.05, 3.63) is 0 Å². The molecule has 0 aromatic carbocycles. The van der Waals surface area contributed by atoms with Crippen molar-refractivity contribution >= 4 is 0 Å². The number of hydrogen-bond acceptors (Lipinski definition) is 3. The van der Waals surface area contributed by atoms with Crippen molar-refractivity contribution in [2.45, 2.75) is 63.2 Å². The van der Waals surface area contributed by atoms with Gasteiger partial charge in [-0.1, -0.05) is 19.3 Å². The summed E-state index contributed by atoms with van der Waals surface area (Å²) in [5.74, 6) is 0.969. The smallest absolute Gasteiger partial charge is 0.0861 e. The first-order chi connectivity index (χ1) is 8.36. The number of rotatable bonds is 3. The molecule has 3 heteroatoms. The average molecular weight is 238 g/mol. The van der Waals surface area contributed by atoms with Gasteiger partial charge in [-0.15, -0.1) is 0 Å². The monoisotopic (exact) mass is 238 g/mol. The molecule has 1 saturated carbocycles. The van der Waals surface area contributed by atoms with Gasteiger partial charge < -0.3 is 10.5 Å². The summed E-state index contributed by atoms with van der Waals surface area (Å²) in [5.41, 5.74) is 5.68. The van der Waals surface area contributed by atoms with E-state index in [-0.39, 0.29) is 0 Å². The summed E-state index contributed by atoms with van der Waals surface area (Å²) in [6, 6.07) is 0.722. The highest BCUT2D eigenvalue weighted by atomic mass is 16.5. The van der Waals surface area contributed by atoms with Crippen LogP contribution in [0.5, 0.6) is 0 Å². The molecule has 2 heterocycles. The quantitative estimate of drug-likeness (QED) is 0.814. The largest absolute Gasteiger partial charge is 0.371 e. The van der Waals surface area contributed by atoms with Crippen molar-refractivity contribution in [3.63, 3.8) is 0 Å². The van der Waals surface area contributed by atoms with Gasteiger partial charge in [0.15, 0.2) is 0 Å². The molecule has 2 N–H and O–H groups in total. The zero-order valence-electron chi connectivity index (χ0n) is 10.8. The normalized spacial score (nSPS) is 39.7. The Hall–Kier alpha value is -0.120. The van der Waals surface area contributed by atoms with Crippen LogP contribution in [0.2, 0.25) is 0 Å². The van der Waals surface area contributed by atoms with Crippen LogP contribution in [0.3, 0.4) is 0 Å². The van der Waals surface area contributed by atoms with Crippen LogP contribution in [-0.2, 0) is 4.74 Å². The lowest BCUT2D eigenvalue weighted by atomic mass is 9.84.